The molecular weight excluding hydrogens is 329 g/mol. The van der Waals surface area contributed by atoms with Gasteiger partial charge in [-0.05, 0) is 31.2 Å². The molecule has 2 aromatic rings. The molecule has 1 heterocycles. The van der Waals surface area contributed by atoms with Crippen molar-refractivity contribution in [1.29, 1.82) is 0 Å². The van der Waals surface area contributed by atoms with Crippen LogP contribution >= 0.6 is 23.2 Å². The monoisotopic (exact) mass is 341 g/mol. The fourth-order valence-corrected chi connectivity index (χ4v) is 2.29. The van der Waals surface area contributed by atoms with Gasteiger partial charge in [-0.25, -0.2) is 4.79 Å². The molecule has 1 unspecified atom stereocenters. The first-order valence-electron chi connectivity index (χ1n) is 6.31. The van der Waals surface area contributed by atoms with Crippen LogP contribution < -0.4 is 4.74 Å². The predicted molar refractivity (Wildman–Crippen MR) is 83.5 cm³/mol. The van der Waals surface area contributed by atoms with Crippen molar-refractivity contribution < 1.29 is 19.4 Å². The molecule has 0 bridgehead atoms. The Hall–Kier alpha value is -1.98. The number of hydrogen-bond donors (Lipinski definition) is 1. The van der Waals surface area contributed by atoms with Crippen LogP contribution in [0.1, 0.15) is 6.92 Å². The number of rotatable bonds is 4. The summed E-state index contributed by atoms with van der Waals surface area (Å²) in [5.41, 5.74) is 1.08. The number of carbonyl (C=O) groups is 1. The molecule has 2 rings (SSSR count). The van der Waals surface area contributed by atoms with Crippen LogP contribution in [0.3, 0.4) is 0 Å². The summed E-state index contributed by atoms with van der Waals surface area (Å²) in [6, 6.07) is 6.20. The SMILES string of the molecule is COC(=O)C(C)Oc1ccc(-c2ncc(Cl)cc2Cl)cc1O. The zero-order chi connectivity index (χ0) is 16.3. The second kappa shape index (κ2) is 6.85. The molecule has 22 heavy (non-hydrogen) atoms. The summed E-state index contributed by atoms with van der Waals surface area (Å²) in [6.45, 7) is 1.52. The lowest BCUT2D eigenvalue weighted by molar-refractivity contribution is -0.147. The lowest BCUT2D eigenvalue weighted by Gasteiger charge is -2.14. The number of halogens is 2. The Morgan fingerprint density at radius 2 is 2.05 bits per heavy atom. The third-order valence-corrected chi connectivity index (χ3v) is 3.37. The molecule has 0 spiro atoms. The molecular formula is C15H13Cl2NO4. The van der Waals surface area contributed by atoms with Crippen molar-refractivity contribution in [2.75, 3.05) is 7.11 Å². The van der Waals surface area contributed by atoms with Crippen LogP contribution in [0.2, 0.25) is 10.0 Å². The van der Waals surface area contributed by atoms with Crippen LogP contribution in [-0.2, 0) is 9.53 Å². The first-order chi connectivity index (χ1) is 10.4. The van der Waals surface area contributed by atoms with E-state index in [2.05, 4.69) is 9.72 Å². The quantitative estimate of drug-likeness (QED) is 0.858. The van der Waals surface area contributed by atoms with Gasteiger partial charge in [0.25, 0.3) is 0 Å². The number of esters is 1. The molecule has 0 saturated carbocycles. The minimum absolute atomic E-state index is 0.138. The first kappa shape index (κ1) is 16.4. The summed E-state index contributed by atoms with van der Waals surface area (Å²) in [5.74, 6) is -0.515. The number of pyridine rings is 1. The van der Waals surface area contributed by atoms with Crippen LogP contribution in [-0.4, -0.2) is 29.3 Å². The van der Waals surface area contributed by atoms with Crippen LogP contribution in [0.25, 0.3) is 11.3 Å². The van der Waals surface area contributed by atoms with Crippen molar-refractivity contribution in [2.24, 2.45) is 0 Å². The van der Waals surface area contributed by atoms with E-state index in [4.69, 9.17) is 27.9 Å². The number of nitrogens with zero attached hydrogens (tertiary/aromatic N) is 1. The van der Waals surface area contributed by atoms with Crippen LogP contribution in [0.5, 0.6) is 11.5 Å². The van der Waals surface area contributed by atoms with Crippen molar-refractivity contribution in [3.8, 4) is 22.8 Å². The Balaban J connectivity index is 2.28. The molecule has 1 N–H and O–H groups in total. The number of phenolic OH excluding ortho intramolecular Hbond substituents is 1. The Bertz CT molecular complexity index is 706. The number of phenols is 1. The van der Waals surface area contributed by atoms with Gasteiger partial charge in [0.1, 0.15) is 0 Å². The highest BCUT2D eigenvalue weighted by atomic mass is 35.5. The molecule has 0 aliphatic heterocycles. The van der Waals surface area contributed by atoms with Crippen molar-refractivity contribution in [3.63, 3.8) is 0 Å². The normalized spacial score (nSPS) is 11.8. The molecule has 5 nitrogen and oxygen atoms in total. The van der Waals surface area contributed by atoms with Gasteiger partial charge in [0.15, 0.2) is 17.6 Å². The van der Waals surface area contributed by atoms with Gasteiger partial charge in [0.05, 0.1) is 22.8 Å². The standard InChI is InChI=1S/C15H13Cl2NO4/c1-8(15(20)21-2)22-13-4-3-9(5-12(13)19)14-11(17)6-10(16)7-18-14/h3-8,19H,1-2H3. The van der Waals surface area contributed by atoms with E-state index in [1.165, 1.54) is 32.4 Å². The van der Waals surface area contributed by atoms with Gasteiger partial charge in [-0.2, -0.15) is 0 Å². The summed E-state index contributed by atoms with van der Waals surface area (Å²) >= 11 is 11.9. The average molecular weight is 342 g/mol. The Morgan fingerprint density at radius 1 is 1.32 bits per heavy atom. The fourth-order valence-electron chi connectivity index (χ4n) is 1.80. The van der Waals surface area contributed by atoms with Crippen LogP contribution in [0.4, 0.5) is 0 Å². The molecule has 116 valence electrons. The van der Waals surface area contributed by atoms with Gasteiger partial charge in [-0.1, -0.05) is 23.2 Å². The Morgan fingerprint density at radius 3 is 2.64 bits per heavy atom. The zero-order valence-corrected chi connectivity index (χ0v) is 13.4. The van der Waals surface area contributed by atoms with Crippen molar-refractivity contribution in [2.45, 2.75) is 13.0 Å². The maximum absolute atomic E-state index is 11.3. The third-order valence-electron chi connectivity index (χ3n) is 2.88. The molecule has 0 aliphatic rings. The van der Waals surface area contributed by atoms with Crippen molar-refractivity contribution in [3.05, 3.63) is 40.5 Å². The fraction of sp³-hybridized carbons (Fsp3) is 0.200. The number of hydrogen-bond acceptors (Lipinski definition) is 5. The second-order valence-corrected chi connectivity index (χ2v) is 5.29. The molecule has 1 aromatic heterocycles. The summed E-state index contributed by atoms with van der Waals surface area (Å²) in [7, 11) is 1.26. The first-order valence-corrected chi connectivity index (χ1v) is 7.07. The van der Waals surface area contributed by atoms with Crippen LogP contribution in [0.15, 0.2) is 30.5 Å². The van der Waals surface area contributed by atoms with E-state index < -0.39 is 12.1 Å². The Labute approximate surface area is 137 Å². The molecule has 1 aromatic carbocycles. The van der Waals surface area contributed by atoms with Gasteiger partial charge in [-0.15, -0.1) is 0 Å². The van der Waals surface area contributed by atoms with Gasteiger partial charge >= 0.3 is 5.97 Å². The molecule has 0 amide bonds. The minimum atomic E-state index is -0.834. The van der Waals surface area contributed by atoms with E-state index in [1.54, 1.807) is 12.1 Å². The maximum atomic E-state index is 11.3. The average Bonchev–Trinajstić information content (AvgIpc) is 2.48. The summed E-state index contributed by atoms with van der Waals surface area (Å²) in [6.07, 6.45) is 0.628. The summed E-state index contributed by atoms with van der Waals surface area (Å²) < 4.78 is 9.90. The molecule has 0 radical (unpaired) electrons. The van der Waals surface area contributed by atoms with E-state index in [-0.39, 0.29) is 11.5 Å². The maximum Gasteiger partial charge on any atom is 0.346 e. The molecule has 0 fully saturated rings. The van der Waals surface area contributed by atoms with Crippen LogP contribution in [0, 0.1) is 0 Å². The number of carbonyl (C=O) groups excluding carboxylic acids is 1. The zero-order valence-electron chi connectivity index (χ0n) is 11.8. The summed E-state index contributed by atoms with van der Waals surface area (Å²) in [4.78, 5) is 15.5. The number of benzene rings is 1. The number of methoxy groups -OCH3 is 1. The highest BCUT2D eigenvalue weighted by Crippen LogP contribution is 2.34. The number of aromatic hydroxyl groups is 1. The van der Waals surface area contributed by atoms with Crippen molar-refractivity contribution >= 4 is 29.2 Å². The molecule has 7 heteroatoms. The van der Waals surface area contributed by atoms with Crippen molar-refractivity contribution in [1.82, 2.24) is 4.98 Å². The topological polar surface area (TPSA) is 68.7 Å². The highest BCUT2D eigenvalue weighted by Gasteiger charge is 2.17. The number of aromatic nitrogens is 1. The Kier molecular flexibility index (Phi) is 5.11. The molecule has 0 saturated heterocycles. The van der Waals surface area contributed by atoms with E-state index in [9.17, 15) is 9.90 Å². The third kappa shape index (κ3) is 3.61. The van der Waals surface area contributed by atoms with Gasteiger partial charge in [-0.3, -0.25) is 4.98 Å². The minimum Gasteiger partial charge on any atom is -0.504 e. The lowest BCUT2D eigenvalue weighted by atomic mass is 10.1. The largest absolute Gasteiger partial charge is 0.504 e. The summed E-state index contributed by atoms with van der Waals surface area (Å²) in [5, 5.41) is 10.8. The smallest absolute Gasteiger partial charge is 0.346 e. The molecule has 0 aliphatic carbocycles. The van der Waals surface area contributed by atoms with E-state index in [0.717, 1.165) is 0 Å². The van der Waals surface area contributed by atoms with Gasteiger partial charge in [0.2, 0.25) is 0 Å². The van der Waals surface area contributed by atoms with Gasteiger partial charge in [0, 0.05) is 11.8 Å². The highest BCUT2D eigenvalue weighted by molar-refractivity contribution is 6.36. The van der Waals surface area contributed by atoms with E-state index >= 15 is 0 Å². The predicted octanol–water partition coefficient (Wildman–Crippen LogP) is 3.70. The second-order valence-electron chi connectivity index (χ2n) is 4.45. The van der Waals surface area contributed by atoms with Gasteiger partial charge < -0.3 is 14.6 Å². The lowest BCUT2D eigenvalue weighted by Crippen LogP contribution is -2.24. The van der Waals surface area contributed by atoms with E-state index in [1.807, 2.05) is 0 Å². The molecule has 1 atom stereocenters. The van der Waals surface area contributed by atoms with E-state index in [0.29, 0.717) is 21.3 Å². The number of ether oxygens (including phenoxy) is 2.